The second-order valence-corrected chi connectivity index (χ2v) is 5.24. The van der Waals surface area contributed by atoms with Crippen molar-refractivity contribution < 1.29 is 9.18 Å². The largest absolute Gasteiger partial charge is 0.366 e. The van der Waals surface area contributed by atoms with Gasteiger partial charge in [-0.15, -0.1) is 10.2 Å². The van der Waals surface area contributed by atoms with Gasteiger partial charge in [-0.25, -0.2) is 4.39 Å². The molecule has 0 aliphatic heterocycles. The fraction of sp³-hybridized carbons (Fsp3) is 0.312. The first-order chi connectivity index (χ1) is 10.5. The van der Waals surface area contributed by atoms with Gasteiger partial charge in [0, 0.05) is 12.6 Å². The number of nitrogens with one attached hydrogen (secondary N) is 2. The maximum Gasteiger partial charge on any atom is 0.271 e. The van der Waals surface area contributed by atoms with Gasteiger partial charge >= 0.3 is 0 Å². The molecule has 2 N–H and O–H groups in total. The summed E-state index contributed by atoms with van der Waals surface area (Å²) >= 11 is 0. The number of amides is 1. The monoisotopic (exact) mass is 302 g/mol. The molecule has 1 aromatic heterocycles. The summed E-state index contributed by atoms with van der Waals surface area (Å²) in [6.45, 7) is 4.45. The van der Waals surface area contributed by atoms with Gasteiger partial charge < -0.3 is 10.6 Å². The molecular weight excluding hydrogens is 283 g/mol. The molecule has 6 heteroatoms. The van der Waals surface area contributed by atoms with Crippen LogP contribution < -0.4 is 10.6 Å². The number of aromatic nitrogens is 2. The van der Waals surface area contributed by atoms with Crippen molar-refractivity contribution in [1.29, 1.82) is 0 Å². The average molecular weight is 302 g/mol. The number of hydrogen-bond acceptors (Lipinski definition) is 4. The summed E-state index contributed by atoms with van der Waals surface area (Å²) in [6.07, 6.45) is 0.631. The van der Waals surface area contributed by atoms with Crippen molar-refractivity contribution in [1.82, 2.24) is 15.5 Å². The van der Waals surface area contributed by atoms with Crippen molar-refractivity contribution in [3.05, 3.63) is 53.5 Å². The van der Waals surface area contributed by atoms with E-state index < -0.39 is 0 Å². The Hall–Kier alpha value is -2.50. The molecule has 22 heavy (non-hydrogen) atoms. The van der Waals surface area contributed by atoms with E-state index in [-0.39, 0.29) is 23.5 Å². The molecule has 0 atom stereocenters. The fourth-order valence-electron chi connectivity index (χ4n) is 1.89. The number of anilines is 1. The quantitative estimate of drug-likeness (QED) is 0.860. The standard InChI is InChI=1S/C16H19FN4O/c1-11(2)19-15-8-7-14(20-21-15)16(22)18-10-9-12-3-5-13(17)6-4-12/h3-8,11H,9-10H2,1-2H3,(H,18,22)(H,19,21). The predicted octanol–water partition coefficient (Wildman–Crippen LogP) is 2.41. The summed E-state index contributed by atoms with van der Waals surface area (Å²) in [4.78, 5) is 11.9. The minimum atomic E-state index is -0.272. The fourth-order valence-corrected chi connectivity index (χ4v) is 1.89. The van der Waals surface area contributed by atoms with Crippen molar-refractivity contribution in [3.8, 4) is 0 Å². The van der Waals surface area contributed by atoms with E-state index in [9.17, 15) is 9.18 Å². The van der Waals surface area contributed by atoms with Crippen molar-refractivity contribution in [2.24, 2.45) is 0 Å². The number of rotatable bonds is 6. The Morgan fingerprint density at radius 1 is 1.14 bits per heavy atom. The molecule has 0 radical (unpaired) electrons. The lowest BCUT2D eigenvalue weighted by atomic mass is 10.1. The van der Waals surface area contributed by atoms with Crippen molar-refractivity contribution in [2.45, 2.75) is 26.3 Å². The van der Waals surface area contributed by atoms with Gasteiger partial charge in [-0.1, -0.05) is 12.1 Å². The molecule has 5 nitrogen and oxygen atoms in total. The lowest BCUT2D eigenvalue weighted by Crippen LogP contribution is -2.27. The highest BCUT2D eigenvalue weighted by Crippen LogP contribution is 2.05. The summed E-state index contributed by atoms with van der Waals surface area (Å²) < 4.78 is 12.8. The van der Waals surface area contributed by atoms with Crippen LogP contribution in [0, 0.1) is 5.82 Å². The molecule has 1 heterocycles. The molecule has 0 saturated heterocycles. The molecule has 0 saturated carbocycles. The topological polar surface area (TPSA) is 66.9 Å². The van der Waals surface area contributed by atoms with Gasteiger partial charge in [0.2, 0.25) is 0 Å². The molecule has 2 aromatic rings. The van der Waals surface area contributed by atoms with Gasteiger partial charge in [0.1, 0.15) is 11.6 Å². The van der Waals surface area contributed by atoms with Crippen LogP contribution in [0.5, 0.6) is 0 Å². The van der Waals surface area contributed by atoms with Crippen LogP contribution in [0.3, 0.4) is 0 Å². The lowest BCUT2D eigenvalue weighted by Gasteiger charge is -2.08. The van der Waals surface area contributed by atoms with E-state index in [0.717, 1.165) is 5.56 Å². The number of benzene rings is 1. The molecule has 0 aliphatic rings. The van der Waals surface area contributed by atoms with Gasteiger partial charge in [-0.05, 0) is 50.1 Å². The van der Waals surface area contributed by atoms with Crippen LogP contribution in [0.15, 0.2) is 36.4 Å². The maximum atomic E-state index is 12.8. The summed E-state index contributed by atoms with van der Waals surface area (Å²) in [5.41, 5.74) is 1.23. The summed E-state index contributed by atoms with van der Waals surface area (Å²) in [6, 6.07) is 9.82. The van der Waals surface area contributed by atoms with E-state index in [4.69, 9.17) is 0 Å². The van der Waals surface area contributed by atoms with Gasteiger partial charge in [-0.2, -0.15) is 0 Å². The minimum Gasteiger partial charge on any atom is -0.366 e. The van der Waals surface area contributed by atoms with Crippen LogP contribution in [0.2, 0.25) is 0 Å². The Morgan fingerprint density at radius 2 is 1.86 bits per heavy atom. The lowest BCUT2D eigenvalue weighted by molar-refractivity contribution is 0.0948. The Balaban J connectivity index is 1.83. The van der Waals surface area contributed by atoms with Gasteiger partial charge in [-0.3, -0.25) is 4.79 Å². The Morgan fingerprint density at radius 3 is 2.45 bits per heavy atom. The highest BCUT2D eigenvalue weighted by molar-refractivity contribution is 5.92. The number of halogens is 1. The van der Waals surface area contributed by atoms with Gasteiger partial charge in [0.15, 0.2) is 5.69 Å². The first-order valence-corrected chi connectivity index (χ1v) is 7.17. The summed E-state index contributed by atoms with van der Waals surface area (Å²) in [5.74, 6) is 0.0988. The number of carbonyl (C=O) groups excluding carboxylic acids is 1. The molecule has 0 unspecified atom stereocenters. The smallest absolute Gasteiger partial charge is 0.271 e. The number of hydrogen-bond donors (Lipinski definition) is 2. The number of nitrogens with zero attached hydrogens (tertiary/aromatic N) is 2. The van der Waals surface area contributed by atoms with E-state index in [1.165, 1.54) is 12.1 Å². The number of carbonyl (C=O) groups is 1. The van der Waals surface area contributed by atoms with Crippen LogP contribution in [0.1, 0.15) is 29.9 Å². The van der Waals surface area contributed by atoms with E-state index in [1.807, 2.05) is 13.8 Å². The zero-order valence-corrected chi connectivity index (χ0v) is 12.6. The predicted molar refractivity (Wildman–Crippen MR) is 83.2 cm³/mol. The summed E-state index contributed by atoms with van der Waals surface area (Å²) in [5, 5.41) is 13.7. The van der Waals surface area contributed by atoms with Crippen LogP contribution >= 0.6 is 0 Å². The van der Waals surface area contributed by atoms with Gasteiger partial charge in [0.25, 0.3) is 5.91 Å². The highest BCUT2D eigenvalue weighted by Gasteiger charge is 2.08. The van der Waals surface area contributed by atoms with Crippen LogP contribution in [0.25, 0.3) is 0 Å². The Kier molecular flexibility index (Phi) is 5.41. The van der Waals surface area contributed by atoms with E-state index >= 15 is 0 Å². The van der Waals surface area contributed by atoms with Crippen LogP contribution in [-0.2, 0) is 6.42 Å². The van der Waals surface area contributed by atoms with Crippen LogP contribution in [-0.4, -0.2) is 28.7 Å². The Labute approximate surface area is 129 Å². The zero-order chi connectivity index (χ0) is 15.9. The van der Waals surface area contributed by atoms with E-state index in [0.29, 0.717) is 18.8 Å². The first-order valence-electron chi connectivity index (χ1n) is 7.17. The molecule has 116 valence electrons. The molecule has 0 spiro atoms. The van der Waals surface area contributed by atoms with Crippen molar-refractivity contribution in [2.75, 3.05) is 11.9 Å². The highest BCUT2D eigenvalue weighted by atomic mass is 19.1. The maximum absolute atomic E-state index is 12.8. The second kappa shape index (κ2) is 7.49. The third kappa shape index (κ3) is 4.80. The molecular formula is C16H19FN4O. The third-order valence-corrected chi connectivity index (χ3v) is 2.95. The Bertz CT molecular complexity index is 611. The van der Waals surface area contributed by atoms with E-state index in [2.05, 4.69) is 20.8 Å². The molecule has 0 bridgehead atoms. The molecule has 2 rings (SSSR count). The third-order valence-electron chi connectivity index (χ3n) is 2.95. The zero-order valence-electron chi connectivity index (χ0n) is 12.6. The van der Waals surface area contributed by atoms with Crippen molar-refractivity contribution in [3.63, 3.8) is 0 Å². The average Bonchev–Trinajstić information content (AvgIpc) is 2.49. The van der Waals surface area contributed by atoms with Gasteiger partial charge in [0.05, 0.1) is 0 Å². The second-order valence-electron chi connectivity index (χ2n) is 5.24. The summed E-state index contributed by atoms with van der Waals surface area (Å²) in [7, 11) is 0. The van der Waals surface area contributed by atoms with Crippen molar-refractivity contribution >= 4 is 11.7 Å². The first kappa shape index (κ1) is 15.9. The van der Waals surface area contributed by atoms with E-state index in [1.54, 1.807) is 24.3 Å². The van der Waals surface area contributed by atoms with Crippen LogP contribution in [0.4, 0.5) is 10.2 Å². The molecule has 0 fully saturated rings. The normalized spacial score (nSPS) is 10.5. The molecule has 0 aliphatic carbocycles. The minimum absolute atomic E-state index is 0.254. The SMILES string of the molecule is CC(C)Nc1ccc(C(=O)NCCc2ccc(F)cc2)nn1. The molecule has 1 aromatic carbocycles. The molecule has 1 amide bonds.